The van der Waals surface area contributed by atoms with Crippen LogP contribution in [0.25, 0.3) is 0 Å². The maximum atomic E-state index is 5.79. The van der Waals surface area contributed by atoms with Gasteiger partial charge in [-0.3, -0.25) is 4.99 Å². The Morgan fingerprint density at radius 2 is 2.12 bits per heavy atom. The molecule has 0 saturated heterocycles. The van der Waals surface area contributed by atoms with Crippen molar-refractivity contribution in [1.82, 2.24) is 0 Å². The quantitative estimate of drug-likeness (QED) is 0.835. The molecule has 84 valence electrons. The summed E-state index contributed by atoms with van der Waals surface area (Å²) < 4.78 is 0. The lowest BCUT2D eigenvalue weighted by atomic mass is 10.1. The van der Waals surface area contributed by atoms with Crippen LogP contribution in [0.4, 0.5) is 5.69 Å². The number of para-hydroxylation sites is 1. The van der Waals surface area contributed by atoms with Crippen molar-refractivity contribution >= 4 is 11.5 Å². The van der Waals surface area contributed by atoms with E-state index in [2.05, 4.69) is 34.2 Å². The van der Waals surface area contributed by atoms with E-state index in [9.17, 15) is 0 Å². The summed E-state index contributed by atoms with van der Waals surface area (Å²) in [5.41, 5.74) is 8.27. The molecule has 3 nitrogen and oxygen atoms in total. The minimum absolute atomic E-state index is 0.602. The van der Waals surface area contributed by atoms with Gasteiger partial charge in [0, 0.05) is 24.7 Å². The normalized spacial score (nSPS) is 20.1. The number of amidine groups is 1. The number of benzene rings is 1. The Labute approximate surface area is 96.0 Å². The molecule has 2 aliphatic rings. The van der Waals surface area contributed by atoms with Gasteiger partial charge in [-0.1, -0.05) is 18.2 Å². The first-order valence-electron chi connectivity index (χ1n) is 6.00. The van der Waals surface area contributed by atoms with E-state index in [4.69, 9.17) is 5.73 Å². The number of hydrogen-bond acceptors (Lipinski definition) is 3. The predicted molar refractivity (Wildman–Crippen MR) is 66.7 cm³/mol. The van der Waals surface area contributed by atoms with E-state index < -0.39 is 0 Å². The minimum atomic E-state index is 0.602. The highest BCUT2D eigenvalue weighted by molar-refractivity contribution is 6.02. The van der Waals surface area contributed by atoms with E-state index in [1.54, 1.807) is 0 Å². The topological polar surface area (TPSA) is 41.6 Å². The molecule has 1 aliphatic heterocycles. The maximum Gasteiger partial charge on any atom is 0.107 e. The largest absolute Gasteiger partial charge is 0.328 e. The highest BCUT2D eigenvalue weighted by Gasteiger charge is 2.34. The van der Waals surface area contributed by atoms with Gasteiger partial charge in [-0.2, -0.15) is 0 Å². The second-order valence-corrected chi connectivity index (χ2v) is 4.50. The van der Waals surface area contributed by atoms with Crippen molar-refractivity contribution in [3.63, 3.8) is 0 Å². The third-order valence-corrected chi connectivity index (χ3v) is 3.32. The number of rotatable bonds is 3. The van der Waals surface area contributed by atoms with E-state index in [0.717, 1.165) is 13.1 Å². The average Bonchev–Trinajstić information content (AvgIpc) is 3.07. The van der Waals surface area contributed by atoms with Crippen LogP contribution in [-0.4, -0.2) is 18.9 Å². The lowest BCUT2D eigenvalue weighted by Gasteiger charge is -2.23. The van der Waals surface area contributed by atoms with Gasteiger partial charge in [-0.05, 0) is 24.5 Å². The highest BCUT2D eigenvalue weighted by Crippen LogP contribution is 2.36. The van der Waals surface area contributed by atoms with E-state index >= 15 is 0 Å². The van der Waals surface area contributed by atoms with Crippen molar-refractivity contribution < 1.29 is 0 Å². The first-order valence-corrected chi connectivity index (χ1v) is 6.00. The van der Waals surface area contributed by atoms with Gasteiger partial charge in [0.25, 0.3) is 0 Å². The lowest BCUT2D eigenvalue weighted by Crippen LogP contribution is -2.30. The van der Waals surface area contributed by atoms with Gasteiger partial charge in [-0.15, -0.1) is 0 Å². The number of anilines is 1. The van der Waals surface area contributed by atoms with Crippen LogP contribution in [0.15, 0.2) is 29.3 Å². The van der Waals surface area contributed by atoms with E-state index in [0.29, 0.717) is 12.5 Å². The third kappa shape index (κ3) is 1.61. The Morgan fingerprint density at radius 1 is 1.31 bits per heavy atom. The van der Waals surface area contributed by atoms with E-state index in [1.807, 2.05) is 0 Å². The molecular formula is C13H17N3. The molecule has 1 heterocycles. The summed E-state index contributed by atoms with van der Waals surface area (Å²) in [7, 11) is 0. The maximum absolute atomic E-state index is 5.79. The van der Waals surface area contributed by atoms with Gasteiger partial charge >= 0.3 is 0 Å². The van der Waals surface area contributed by atoms with Crippen LogP contribution in [0.2, 0.25) is 0 Å². The molecule has 16 heavy (non-hydrogen) atoms. The number of aliphatic imine (C=N–C) groups is 1. The molecule has 0 spiro atoms. The fourth-order valence-corrected chi connectivity index (χ4v) is 2.35. The van der Waals surface area contributed by atoms with Gasteiger partial charge in [0.1, 0.15) is 5.84 Å². The summed E-state index contributed by atoms with van der Waals surface area (Å²) in [4.78, 5) is 6.99. The summed E-state index contributed by atoms with van der Waals surface area (Å²) in [6.45, 7) is 2.55. The second-order valence-electron chi connectivity index (χ2n) is 4.50. The summed E-state index contributed by atoms with van der Waals surface area (Å²) in [6.07, 6.45) is 2.61. The van der Waals surface area contributed by atoms with Crippen molar-refractivity contribution in [3.8, 4) is 0 Å². The Kier molecular flexibility index (Phi) is 2.40. The zero-order valence-corrected chi connectivity index (χ0v) is 9.39. The molecule has 1 aromatic rings. The Morgan fingerprint density at radius 3 is 2.88 bits per heavy atom. The average molecular weight is 215 g/mol. The fourth-order valence-electron chi connectivity index (χ4n) is 2.35. The van der Waals surface area contributed by atoms with Crippen LogP contribution in [0, 0.1) is 5.92 Å². The van der Waals surface area contributed by atoms with Gasteiger partial charge in [0.15, 0.2) is 0 Å². The molecule has 3 heteroatoms. The standard InChI is InChI=1S/C13H17N3/c14-9-11-3-1-2-4-12(11)16-8-7-15-13(16)10-5-6-10/h1-4,10H,5-9,14H2. The lowest BCUT2D eigenvalue weighted by molar-refractivity contribution is 0.983. The summed E-state index contributed by atoms with van der Waals surface area (Å²) >= 11 is 0. The number of nitrogens with zero attached hydrogens (tertiary/aromatic N) is 2. The number of hydrogen-bond donors (Lipinski definition) is 1. The zero-order chi connectivity index (χ0) is 11.0. The molecule has 0 unspecified atom stereocenters. The smallest absolute Gasteiger partial charge is 0.107 e. The van der Waals surface area contributed by atoms with Gasteiger partial charge in [-0.25, -0.2) is 0 Å². The van der Waals surface area contributed by atoms with Gasteiger partial charge in [0.2, 0.25) is 0 Å². The first-order chi connectivity index (χ1) is 7.90. The summed E-state index contributed by atoms with van der Waals surface area (Å²) in [6, 6.07) is 8.40. The van der Waals surface area contributed by atoms with Crippen molar-refractivity contribution in [2.75, 3.05) is 18.0 Å². The molecule has 0 aromatic heterocycles. The molecule has 0 bridgehead atoms. The molecule has 0 radical (unpaired) electrons. The van der Waals surface area contributed by atoms with E-state index in [1.165, 1.54) is 29.9 Å². The second kappa shape index (κ2) is 3.91. The van der Waals surface area contributed by atoms with Crippen LogP contribution in [0.1, 0.15) is 18.4 Å². The SMILES string of the molecule is NCc1ccccc1N1CCN=C1C1CC1. The molecule has 0 amide bonds. The van der Waals surface area contributed by atoms with Crippen LogP contribution < -0.4 is 10.6 Å². The van der Waals surface area contributed by atoms with Crippen LogP contribution in [0.3, 0.4) is 0 Å². The van der Waals surface area contributed by atoms with Gasteiger partial charge < -0.3 is 10.6 Å². The molecule has 1 fully saturated rings. The molecule has 1 saturated carbocycles. The summed E-state index contributed by atoms with van der Waals surface area (Å²) in [5.74, 6) is 2.01. The predicted octanol–water partition coefficient (Wildman–Crippen LogP) is 1.77. The Hall–Kier alpha value is -1.35. The van der Waals surface area contributed by atoms with Crippen molar-refractivity contribution in [3.05, 3.63) is 29.8 Å². The Bertz CT molecular complexity index is 421. The van der Waals surface area contributed by atoms with Crippen molar-refractivity contribution in [2.24, 2.45) is 16.6 Å². The highest BCUT2D eigenvalue weighted by atomic mass is 15.3. The third-order valence-electron chi connectivity index (χ3n) is 3.32. The van der Waals surface area contributed by atoms with Crippen molar-refractivity contribution in [2.45, 2.75) is 19.4 Å². The molecule has 1 aromatic carbocycles. The van der Waals surface area contributed by atoms with Crippen LogP contribution >= 0.6 is 0 Å². The molecule has 0 atom stereocenters. The molecule has 3 rings (SSSR count). The Balaban J connectivity index is 1.93. The van der Waals surface area contributed by atoms with Crippen molar-refractivity contribution in [1.29, 1.82) is 0 Å². The molecule has 2 N–H and O–H groups in total. The van der Waals surface area contributed by atoms with Crippen LogP contribution in [0.5, 0.6) is 0 Å². The fraction of sp³-hybridized carbons (Fsp3) is 0.462. The van der Waals surface area contributed by atoms with E-state index in [-0.39, 0.29) is 0 Å². The summed E-state index contributed by atoms with van der Waals surface area (Å²) in [5, 5.41) is 0. The molecule has 1 aliphatic carbocycles. The minimum Gasteiger partial charge on any atom is -0.328 e. The zero-order valence-electron chi connectivity index (χ0n) is 9.39. The number of nitrogens with two attached hydrogens (primary N) is 1. The molecular weight excluding hydrogens is 198 g/mol. The van der Waals surface area contributed by atoms with Crippen LogP contribution in [-0.2, 0) is 6.54 Å². The van der Waals surface area contributed by atoms with Gasteiger partial charge in [0.05, 0.1) is 6.54 Å². The first kappa shape index (κ1) is 9.85. The monoisotopic (exact) mass is 215 g/mol.